The van der Waals surface area contributed by atoms with E-state index in [1.807, 2.05) is 12.1 Å². The van der Waals surface area contributed by atoms with E-state index in [0.29, 0.717) is 22.7 Å². The van der Waals surface area contributed by atoms with Gasteiger partial charge < -0.3 is 14.6 Å². The van der Waals surface area contributed by atoms with E-state index < -0.39 is 23.5 Å². The first-order valence-corrected chi connectivity index (χ1v) is 9.56. The van der Waals surface area contributed by atoms with Gasteiger partial charge in [0.15, 0.2) is 11.7 Å². The lowest BCUT2D eigenvalue weighted by molar-refractivity contribution is -0.153. The van der Waals surface area contributed by atoms with Crippen LogP contribution in [0.25, 0.3) is 11.0 Å². The third-order valence-corrected chi connectivity index (χ3v) is 5.15. The van der Waals surface area contributed by atoms with Crippen LogP contribution in [0, 0.1) is 0 Å². The minimum absolute atomic E-state index is 0.130. The highest BCUT2D eigenvalue weighted by molar-refractivity contribution is 6.15. The molecule has 1 aromatic heterocycles. The summed E-state index contributed by atoms with van der Waals surface area (Å²) in [7, 11) is 0. The fourth-order valence-electron chi connectivity index (χ4n) is 3.52. The van der Waals surface area contributed by atoms with Crippen molar-refractivity contribution in [2.24, 2.45) is 0 Å². The number of ether oxygens (including phenoxy) is 1. The first kappa shape index (κ1) is 19.6. The van der Waals surface area contributed by atoms with Gasteiger partial charge in [0.1, 0.15) is 11.2 Å². The molecule has 154 valence electrons. The highest BCUT2D eigenvalue weighted by atomic mass is 16.5. The number of carbonyl (C=O) groups excluding carboxylic acids is 3. The fourth-order valence-corrected chi connectivity index (χ4v) is 3.52. The Morgan fingerprint density at radius 1 is 1.17 bits per heavy atom. The first-order valence-electron chi connectivity index (χ1n) is 9.56. The van der Waals surface area contributed by atoms with E-state index in [9.17, 15) is 14.4 Å². The van der Waals surface area contributed by atoms with Crippen LogP contribution >= 0.6 is 0 Å². The summed E-state index contributed by atoms with van der Waals surface area (Å²) in [6.45, 7) is 4.78. The van der Waals surface area contributed by atoms with Gasteiger partial charge in [-0.15, -0.1) is 0 Å². The summed E-state index contributed by atoms with van der Waals surface area (Å²) in [6, 6.07) is 14.2. The van der Waals surface area contributed by atoms with E-state index in [1.54, 1.807) is 50.2 Å². The van der Waals surface area contributed by atoms with Crippen LogP contribution < -0.4 is 10.2 Å². The van der Waals surface area contributed by atoms with Crippen LogP contribution in [0.2, 0.25) is 0 Å². The van der Waals surface area contributed by atoms with E-state index in [-0.39, 0.29) is 12.3 Å². The third kappa shape index (κ3) is 3.30. The molecular weight excluding hydrogens is 386 g/mol. The maximum absolute atomic E-state index is 13.2. The second-order valence-electron chi connectivity index (χ2n) is 7.64. The van der Waals surface area contributed by atoms with Crippen molar-refractivity contribution in [3.63, 3.8) is 0 Å². The Hall–Kier alpha value is -3.68. The number of esters is 1. The topological polar surface area (TPSA) is 102 Å². The molecule has 0 fully saturated rings. The lowest BCUT2D eigenvalue weighted by Gasteiger charge is -2.42. The molecular formula is C22H21N3O5. The normalized spacial score (nSPS) is 16.0. The van der Waals surface area contributed by atoms with Crippen LogP contribution in [-0.4, -0.2) is 34.6 Å². The summed E-state index contributed by atoms with van der Waals surface area (Å²) in [5, 5.41) is 7.44. The molecule has 1 aliphatic rings. The number of anilines is 2. The summed E-state index contributed by atoms with van der Waals surface area (Å²) in [5.41, 5.74) is 0.953. The highest BCUT2D eigenvalue weighted by Gasteiger charge is 2.45. The van der Waals surface area contributed by atoms with Crippen LogP contribution in [0.15, 0.2) is 53.1 Å². The molecule has 0 radical (unpaired) electrons. The van der Waals surface area contributed by atoms with Crippen molar-refractivity contribution in [1.82, 2.24) is 5.16 Å². The number of nitrogens with zero attached hydrogens (tertiary/aromatic N) is 2. The van der Waals surface area contributed by atoms with Crippen molar-refractivity contribution in [3.8, 4) is 0 Å². The molecule has 2 heterocycles. The van der Waals surface area contributed by atoms with Crippen LogP contribution in [-0.2, 0) is 25.5 Å². The number of carbonyl (C=O) groups is 3. The first-order chi connectivity index (χ1) is 14.3. The lowest BCUT2D eigenvalue weighted by Crippen LogP contribution is -2.60. The van der Waals surface area contributed by atoms with Crippen molar-refractivity contribution >= 4 is 40.1 Å². The molecule has 30 heavy (non-hydrogen) atoms. The molecule has 1 atom stereocenters. The number of hydrogen-bond acceptors (Lipinski definition) is 6. The second kappa shape index (κ2) is 7.29. The quantitative estimate of drug-likeness (QED) is 0.667. The van der Waals surface area contributed by atoms with Gasteiger partial charge in [-0.1, -0.05) is 29.4 Å². The summed E-state index contributed by atoms with van der Waals surface area (Å²) in [6.07, 6.45) is -1.22. The van der Waals surface area contributed by atoms with Crippen LogP contribution in [0.1, 0.15) is 26.5 Å². The molecule has 0 unspecified atom stereocenters. The fraction of sp³-hybridized carbons (Fsp3) is 0.273. The molecule has 1 N–H and O–H groups in total. The van der Waals surface area contributed by atoms with Gasteiger partial charge in [0.2, 0.25) is 5.91 Å². The van der Waals surface area contributed by atoms with Gasteiger partial charge in [-0.25, -0.2) is 0 Å². The highest BCUT2D eigenvalue weighted by Crippen LogP contribution is 2.37. The predicted molar refractivity (Wildman–Crippen MR) is 110 cm³/mol. The second-order valence-corrected chi connectivity index (χ2v) is 7.64. The van der Waals surface area contributed by atoms with Gasteiger partial charge in [0.25, 0.3) is 5.91 Å². The average Bonchev–Trinajstić information content (AvgIpc) is 3.11. The Labute approximate surface area is 172 Å². The van der Waals surface area contributed by atoms with Gasteiger partial charge in [-0.3, -0.25) is 19.3 Å². The Bertz CT molecular complexity index is 1150. The van der Waals surface area contributed by atoms with Gasteiger partial charge in [0.05, 0.1) is 17.8 Å². The maximum Gasteiger partial charge on any atom is 0.312 e. The summed E-state index contributed by atoms with van der Waals surface area (Å²) in [4.78, 5) is 39.6. The average molecular weight is 407 g/mol. The molecule has 8 nitrogen and oxygen atoms in total. The zero-order chi connectivity index (χ0) is 21.5. The standard InChI is InChI=1S/C22H21N3O5/c1-13(29-19(26)12-16-14-8-4-7-11-18(14)30-24-16)20(27)25-17-10-6-5-9-15(17)23-21(28)22(25,2)3/h4-11,13H,12H2,1-3H3,(H,23,28)/t13-/m0/s1. The van der Waals surface area contributed by atoms with Crippen molar-refractivity contribution < 1.29 is 23.6 Å². The lowest BCUT2D eigenvalue weighted by atomic mass is 9.95. The van der Waals surface area contributed by atoms with Crippen molar-refractivity contribution in [2.45, 2.75) is 38.8 Å². The Kier molecular flexibility index (Phi) is 4.77. The van der Waals surface area contributed by atoms with E-state index in [0.717, 1.165) is 5.39 Å². The van der Waals surface area contributed by atoms with Gasteiger partial charge >= 0.3 is 5.97 Å². The number of hydrogen-bond donors (Lipinski definition) is 1. The van der Waals surface area contributed by atoms with Crippen molar-refractivity contribution in [1.29, 1.82) is 0 Å². The van der Waals surface area contributed by atoms with Gasteiger partial charge in [0, 0.05) is 5.39 Å². The predicted octanol–water partition coefficient (Wildman–Crippen LogP) is 3.07. The van der Waals surface area contributed by atoms with Crippen molar-refractivity contribution in [2.75, 3.05) is 10.2 Å². The number of para-hydroxylation sites is 3. The molecule has 4 rings (SSSR count). The number of benzene rings is 2. The van der Waals surface area contributed by atoms with E-state index in [4.69, 9.17) is 9.26 Å². The SMILES string of the molecule is C[C@H](OC(=O)Cc1noc2ccccc12)C(=O)N1c2ccccc2NC(=O)C1(C)C. The largest absolute Gasteiger partial charge is 0.452 e. The number of rotatable bonds is 4. The zero-order valence-electron chi connectivity index (χ0n) is 16.8. The van der Waals surface area contributed by atoms with Gasteiger partial charge in [-0.05, 0) is 45.0 Å². The summed E-state index contributed by atoms with van der Waals surface area (Å²) in [5.74, 6) is -1.41. The third-order valence-electron chi connectivity index (χ3n) is 5.15. The summed E-state index contributed by atoms with van der Waals surface area (Å²) >= 11 is 0. The molecule has 1 aliphatic heterocycles. The summed E-state index contributed by atoms with van der Waals surface area (Å²) < 4.78 is 10.6. The number of nitrogens with one attached hydrogen (secondary N) is 1. The Morgan fingerprint density at radius 3 is 2.67 bits per heavy atom. The smallest absolute Gasteiger partial charge is 0.312 e. The maximum atomic E-state index is 13.2. The minimum Gasteiger partial charge on any atom is -0.452 e. The van der Waals surface area contributed by atoms with E-state index >= 15 is 0 Å². The van der Waals surface area contributed by atoms with Crippen LogP contribution in [0.3, 0.4) is 0 Å². The molecule has 8 heteroatoms. The molecule has 0 bridgehead atoms. The Morgan fingerprint density at radius 2 is 1.87 bits per heavy atom. The van der Waals surface area contributed by atoms with E-state index in [2.05, 4.69) is 10.5 Å². The number of fused-ring (bicyclic) bond motifs is 2. The van der Waals surface area contributed by atoms with Crippen molar-refractivity contribution in [3.05, 3.63) is 54.2 Å². The monoisotopic (exact) mass is 407 g/mol. The molecule has 2 amide bonds. The van der Waals surface area contributed by atoms with Crippen LogP contribution in [0.5, 0.6) is 0 Å². The molecule has 0 saturated heterocycles. The van der Waals surface area contributed by atoms with E-state index in [1.165, 1.54) is 11.8 Å². The molecule has 0 saturated carbocycles. The molecule has 3 aromatic rings. The minimum atomic E-state index is -1.14. The van der Waals surface area contributed by atoms with Crippen LogP contribution in [0.4, 0.5) is 11.4 Å². The number of amides is 2. The Balaban J connectivity index is 1.53. The number of aromatic nitrogens is 1. The zero-order valence-corrected chi connectivity index (χ0v) is 16.8. The molecule has 2 aromatic carbocycles. The van der Waals surface area contributed by atoms with Gasteiger partial charge in [-0.2, -0.15) is 0 Å². The molecule has 0 spiro atoms. The molecule has 0 aliphatic carbocycles.